The van der Waals surface area contributed by atoms with Crippen molar-refractivity contribution in [1.29, 1.82) is 0 Å². The Morgan fingerprint density at radius 3 is 2.75 bits per heavy atom. The summed E-state index contributed by atoms with van der Waals surface area (Å²) in [6.45, 7) is 0.953. The summed E-state index contributed by atoms with van der Waals surface area (Å²) in [7, 11) is 1.96. The predicted molar refractivity (Wildman–Crippen MR) is 71.0 cm³/mol. The third kappa shape index (κ3) is 2.19. The number of fused-ring (bicyclic) bond motifs is 1. The molecule has 1 aromatic carbocycles. The van der Waals surface area contributed by atoms with Crippen LogP contribution in [0, 0.1) is 0 Å². The van der Waals surface area contributed by atoms with Gasteiger partial charge in [-0.15, -0.1) is 11.6 Å². The normalized spacial score (nSPS) is 24.2. The van der Waals surface area contributed by atoms with Gasteiger partial charge in [-0.1, -0.05) is 29.3 Å². The molecule has 1 aliphatic rings. The minimum absolute atomic E-state index is 0.00527. The SMILES string of the molecule is CNCC1CCC(Cl)c2c1ccc(Cl)c2Cl. The molecular formula is C12H14Cl3N. The van der Waals surface area contributed by atoms with Gasteiger partial charge in [-0.3, -0.25) is 0 Å². The van der Waals surface area contributed by atoms with Crippen molar-refractivity contribution in [2.45, 2.75) is 24.1 Å². The maximum Gasteiger partial charge on any atom is 0.0642 e. The summed E-state index contributed by atoms with van der Waals surface area (Å²) in [4.78, 5) is 0. The fourth-order valence-electron chi connectivity index (χ4n) is 2.36. The fourth-order valence-corrected chi connectivity index (χ4v) is 3.25. The standard InChI is InChI=1S/C12H14Cl3N/c1-16-6-7-2-4-9(13)11-8(7)3-5-10(14)12(11)15/h3,5,7,9,16H,2,4,6H2,1H3. The van der Waals surface area contributed by atoms with Crippen molar-refractivity contribution in [3.8, 4) is 0 Å². The Morgan fingerprint density at radius 2 is 2.06 bits per heavy atom. The highest BCUT2D eigenvalue weighted by atomic mass is 35.5. The van der Waals surface area contributed by atoms with E-state index >= 15 is 0 Å². The van der Waals surface area contributed by atoms with Gasteiger partial charge >= 0.3 is 0 Å². The molecule has 0 bridgehead atoms. The molecule has 1 N–H and O–H groups in total. The van der Waals surface area contributed by atoms with Gasteiger partial charge in [0.05, 0.1) is 15.4 Å². The molecule has 0 fully saturated rings. The monoisotopic (exact) mass is 277 g/mol. The third-order valence-corrected chi connectivity index (χ3v) is 4.39. The van der Waals surface area contributed by atoms with E-state index in [1.807, 2.05) is 13.1 Å². The van der Waals surface area contributed by atoms with Crippen LogP contribution in [0.5, 0.6) is 0 Å². The smallest absolute Gasteiger partial charge is 0.0642 e. The molecule has 0 saturated carbocycles. The van der Waals surface area contributed by atoms with Crippen molar-refractivity contribution in [3.63, 3.8) is 0 Å². The molecule has 0 spiro atoms. The quantitative estimate of drug-likeness (QED) is 0.792. The Morgan fingerprint density at radius 1 is 1.31 bits per heavy atom. The number of likely N-dealkylation sites (N-methyl/N-ethyl adjacent to an activating group) is 1. The maximum atomic E-state index is 6.33. The summed E-state index contributed by atoms with van der Waals surface area (Å²) in [5.41, 5.74) is 2.28. The van der Waals surface area contributed by atoms with Crippen LogP contribution in [0.2, 0.25) is 10.0 Å². The van der Waals surface area contributed by atoms with Gasteiger partial charge in [-0.25, -0.2) is 0 Å². The van der Waals surface area contributed by atoms with Crippen LogP contribution in [0.15, 0.2) is 12.1 Å². The van der Waals surface area contributed by atoms with Crippen molar-refractivity contribution in [2.75, 3.05) is 13.6 Å². The molecule has 88 valence electrons. The lowest BCUT2D eigenvalue weighted by atomic mass is 9.82. The Labute approximate surface area is 111 Å². The van der Waals surface area contributed by atoms with Crippen LogP contribution >= 0.6 is 34.8 Å². The van der Waals surface area contributed by atoms with E-state index in [-0.39, 0.29) is 5.38 Å². The molecule has 0 aliphatic heterocycles. The van der Waals surface area contributed by atoms with Crippen LogP contribution in [0.1, 0.15) is 35.3 Å². The molecule has 0 amide bonds. The van der Waals surface area contributed by atoms with Gasteiger partial charge < -0.3 is 5.32 Å². The van der Waals surface area contributed by atoms with Crippen LogP contribution in [-0.2, 0) is 0 Å². The van der Waals surface area contributed by atoms with Crippen molar-refractivity contribution in [3.05, 3.63) is 33.3 Å². The largest absolute Gasteiger partial charge is 0.319 e. The van der Waals surface area contributed by atoms with E-state index in [0.717, 1.165) is 24.9 Å². The lowest BCUT2D eigenvalue weighted by Crippen LogP contribution is -2.22. The number of rotatable bonds is 2. The highest BCUT2D eigenvalue weighted by Gasteiger charge is 2.28. The molecule has 0 heterocycles. The van der Waals surface area contributed by atoms with E-state index in [4.69, 9.17) is 34.8 Å². The third-order valence-electron chi connectivity index (χ3n) is 3.14. The molecule has 2 rings (SSSR count). The number of alkyl halides is 1. The molecule has 4 heteroatoms. The average Bonchev–Trinajstić information content (AvgIpc) is 2.27. The van der Waals surface area contributed by atoms with E-state index in [1.54, 1.807) is 0 Å². The first-order chi connectivity index (χ1) is 7.65. The van der Waals surface area contributed by atoms with Crippen LogP contribution in [0.3, 0.4) is 0 Å². The zero-order valence-electron chi connectivity index (χ0n) is 9.06. The Kier molecular flexibility index (Phi) is 4.01. The first-order valence-corrected chi connectivity index (χ1v) is 6.60. The van der Waals surface area contributed by atoms with E-state index in [2.05, 4.69) is 11.4 Å². The molecule has 0 saturated heterocycles. The van der Waals surface area contributed by atoms with Gasteiger partial charge in [0.1, 0.15) is 0 Å². The second-order valence-corrected chi connectivity index (χ2v) is 5.48. The van der Waals surface area contributed by atoms with Crippen molar-refractivity contribution in [1.82, 2.24) is 5.32 Å². The maximum absolute atomic E-state index is 6.33. The van der Waals surface area contributed by atoms with Crippen LogP contribution < -0.4 is 5.32 Å². The van der Waals surface area contributed by atoms with Gasteiger partial charge in [0, 0.05) is 6.54 Å². The van der Waals surface area contributed by atoms with Crippen LogP contribution in [-0.4, -0.2) is 13.6 Å². The molecule has 1 nitrogen and oxygen atoms in total. The Balaban J connectivity index is 2.47. The zero-order chi connectivity index (χ0) is 11.7. The van der Waals surface area contributed by atoms with Crippen molar-refractivity contribution >= 4 is 34.8 Å². The number of benzene rings is 1. The van der Waals surface area contributed by atoms with Gasteiger partial charge in [0.2, 0.25) is 0 Å². The summed E-state index contributed by atoms with van der Waals surface area (Å²) in [6, 6.07) is 3.92. The highest BCUT2D eigenvalue weighted by Crippen LogP contribution is 2.45. The summed E-state index contributed by atoms with van der Waals surface area (Å²) in [5, 5.41) is 4.42. The first kappa shape index (κ1) is 12.5. The Bertz CT molecular complexity index is 392. The van der Waals surface area contributed by atoms with E-state index < -0.39 is 0 Å². The Hall–Kier alpha value is 0.0500. The molecule has 1 aliphatic carbocycles. The summed E-state index contributed by atoms with van der Waals surface area (Å²) < 4.78 is 0. The summed E-state index contributed by atoms with van der Waals surface area (Å²) >= 11 is 18.6. The average molecular weight is 279 g/mol. The number of nitrogens with one attached hydrogen (secondary N) is 1. The number of hydrogen-bond acceptors (Lipinski definition) is 1. The van der Waals surface area contributed by atoms with Gasteiger partial charge in [0.25, 0.3) is 0 Å². The lowest BCUT2D eigenvalue weighted by molar-refractivity contribution is 0.521. The summed E-state index contributed by atoms with van der Waals surface area (Å²) in [5.74, 6) is 0.491. The summed E-state index contributed by atoms with van der Waals surface area (Å²) in [6.07, 6.45) is 2.06. The van der Waals surface area contributed by atoms with E-state index in [0.29, 0.717) is 16.0 Å². The zero-order valence-corrected chi connectivity index (χ0v) is 11.3. The van der Waals surface area contributed by atoms with Gasteiger partial charge in [-0.05, 0) is 43.0 Å². The second-order valence-electron chi connectivity index (χ2n) is 4.16. The molecule has 16 heavy (non-hydrogen) atoms. The molecule has 2 atom stereocenters. The van der Waals surface area contributed by atoms with E-state index in [9.17, 15) is 0 Å². The topological polar surface area (TPSA) is 12.0 Å². The van der Waals surface area contributed by atoms with E-state index in [1.165, 1.54) is 5.56 Å². The lowest BCUT2D eigenvalue weighted by Gasteiger charge is -2.29. The fraction of sp³-hybridized carbons (Fsp3) is 0.500. The van der Waals surface area contributed by atoms with Crippen LogP contribution in [0.4, 0.5) is 0 Å². The van der Waals surface area contributed by atoms with Crippen LogP contribution in [0.25, 0.3) is 0 Å². The second kappa shape index (κ2) is 5.14. The number of halogens is 3. The predicted octanol–water partition coefficient (Wildman–Crippen LogP) is 4.37. The first-order valence-electron chi connectivity index (χ1n) is 5.41. The molecule has 1 aromatic rings. The molecule has 0 aromatic heterocycles. The highest BCUT2D eigenvalue weighted by molar-refractivity contribution is 6.43. The molecule has 0 radical (unpaired) electrons. The minimum atomic E-state index is -0.00527. The van der Waals surface area contributed by atoms with Crippen molar-refractivity contribution < 1.29 is 0 Å². The molecular weight excluding hydrogens is 264 g/mol. The number of hydrogen-bond donors (Lipinski definition) is 1. The van der Waals surface area contributed by atoms with Gasteiger partial charge in [0.15, 0.2) is 0 Å². The van der Waals surface area contributed by atoms with Gasteiger partial charge in [-0.2, -0.15) is 0 Å². The van der Waals surface area contributed by atoms with Crippen molar-refractivity contribution in [2.24, 2.45) is 0 Å². The molecule has 2 unspecified atom stereocenters. The minimum Gasteiger partial charge on any atom is -0.319 e.